The third-order valence-electron chi connectivity index (χ3n) is 8.25. The number of fused-ring (bicyclic) bond motifs is 3. The highest BCUT2D eigenvalue weighted by Gasteiger charge is 2.45. The number of carbonyl (C=O) groups is 2. The van der Waals surface area contributed by atoms with Gasteiger partial charge in [-0.3, -0.25) is 24.1 Å². The van der Waals surface area contributed by atoms with Crippen LogP contribution in [0.2, 0.25) is 0 Å². The van der Waals surface area contributed by atoms with Crippen molar-refractivity contribution in [3.8, 4) is 0 Å². The average Bonchev–Trinajstić information content (AvgIpc) is 3.35. The molecule has 9 heteroatoms. The van der Waals surface area contributed by atoms with Crippen LogP contribution >= 0.6 is 0 Å². The summed E-state index contributed by atoms with van der Waals surface area (Å²) in [7, 11) is 3.54. The Kier molecular flexibility index (Phi) is 7.67. The van der Waals surface area contributed by atoms with Gasteiger partial charge < -0.3 is 9.64 Å². The van der Waals surface area contributed by atoms with Crippen molar-refractivity contribution >= 4 is 11.9 Å². The van der Waals surface area contributed by atoms with Crippen LogP contribution in [-0.2, 0) is 34.0 Å². The maximum absolute atomic E-state index is 13.3. The van der Waals surface area contributed by atoms with Gasteiger partial charge in [-0.05, 0) is 50.8 Å². The van der Waals surface area contributed by atoms with Crippen LogP contribution in [0, 0.1) is 17.8 Å². The van der Waals surface area contributed by atoms with Crippen LogP contribution in [-0.4, -0.2) is 87.9 Å². The van der Waals surface area contributed by atoms with E-state index in [9.17, 15) is 9.59 Å². The van der Waals surface area contributed by atoms with Gasteiger partial charge in [-0.2, -0.15) is 0 Å². The lowest BCUT2D eigenvalue weighted by atomic mass is 9.74. The number of esters is 1. The largest absolute Gasteiger partial charge is 0.469 e. The number of hydrogen-bond donors (Lipinski definition) is 0. The average molecular weight is 495 g/mol. The van der Waals surface area contributed by atoms with E-state index in [1.54, 1.807) is 0 Å². The minimum atomic E-state index is -0.146. The molecule has 6 rings (SSSR count). The molecule has 4 fully saturated rings. The van der Waals surface area contributed by atoms with E-state index < -0.39 is 0 Å². The summed E-state index contributed by atoms with van der Waals surface area (Å²) < 4.78 is 6.86. The van der Waals surface area contributed by atoms with E-state index in [0.29, 0.717) is 37.9 Å². The van der Waals surface area contributed by atoms with Gasteiger partial charge in [0.05, 0.1) is 31.2 Å². The number of aromatic nitrogens is 3. The van der Waals surface area contributed by atoms with E-state index in [1.165, 1.54) is 12.7 Å². The highest BCUT2D eigenvalue weighted by atomic mass is 16.5. The molecular formula is C27H38N6O3. The lowest BCUT2D eigenvalue weighted by Crippen LogP contribution is -2.59. The molecule has 9 nitrogen and oxygen atoms in total. The Bertz CT molecular complexity index is 1040. The van der Waals surface area contributed by atoms with E-state index in [-0.39, 0.29) is 23.7 Å². The number of ether oxygens (including phenoxy) is 1. The second-order valence-electron chi connectivity index (χ2n) is 10.8. The lowest BCUT2D eigenvalue weighted by Gasteiger charge is -2.50. The number of hydrogen-bond acceptors (Lipinski definition) is 7. The molecule has 0 spiro atoms. The van der Waals surface area contributed by atoms with Crippen LogP contribution in [0.15, 0.2) is 36.5 Å². The fourth-order valence-corrected chi connectivity index (χ4v) is 6.29. The maximum Gasteiger partial charge on any atom is 0.308 e. The summed E-state index contributed by atoms with van der Waals surface area (Å²) in [5.74, 6) is 0.553. The van der Waals surface area contributed by atoms with Crippen molar-refractivity contribution in [2.45, 2.75) is 51.4 Å². The second kappa shape index (κ2) is 11.1. The molecule has 0 radical (unpaired) electrons. The zero-order chi connectivity index (χ0) is 25.1. The highest BCUT2D eigenvalue weighted by Crippen LogP contribution is 2.38. The van der Waals surface area contributed by atoms with Crippen LogP contribution in [0.3, 0.4) is 0 Å². The zero-order valence-corrected chi connectivity index (χ0v) is 21.5. The number of rotatable bonds is 8. The van der Waals surface area contributed by atoms with Crippen molar-refractivity contribution < 1.29 is 14.3 Å². The van der Waals surface area contributed by atoms with E-state index in [4.69, 9.17) is 4.74 Å². The van der Waals surface area contributed by atoms with Crippen molar-refractivity contribution in [3.63, 3.8) is 0 Å². The molecule has 2 bridgehead atoms. The number of amides is 1. The highest BCUT2D eigenvalue weighted by molar-refractivity contribution is 5.80. The standard InChI is InChI=1S/C27H38N6O3/c1-30(15-20-6-4-3-5-7-20)16-23-17-33(29-28-23)18-24-14-22-10-13-32(24)19-25(22)26(34)31-11-8-21(9-12-31)27(35)36-2/h3-7,17,21-22,24-25H,8-16,18-19H2,1-2H3/t22-,24-,25+/m1/s1. The minimum Gasteiger partial charge on any atom is -0.469 e. The molecule has 1 aromatic carbocycles. The number of benzene rings is 1. The van der Waals surface area contributed by atoms with Gasteiger partial charge in [0.2, 0.25) is 5.91 Å². The molecule has 36 heavy (non-hydrogen) atoms. The number of nitrogens with zero attached hydrogens (tertiary/aromatic N) is 6. The molecule has 4 saturated heterocycles. The van der Waals surface area contributed by atoms with Crippen LogP contribution in [0.1, 0.15) is 36.9 Å². The SMILES string of the molecule is COC(=O)C1CCN(C(=O)[C@H]2CN3CC[C@@H]2C[C@@H]3Cn2cc(CN(C)Cc3ccccc3)nn2)CC1. The summed E-state index contributed by atoms with van der Waals surface area (Å²) in [6, 6.07) is 10.9. The third-order valence-corrected chi connectivity index (χ3v) is 8.25. The smallest absolute Gasteiger partial charge is 0.308 e. The number of likely N-dealkylation sites (tertiary alicyclic amines) is 1. The van der Waals surface area contributed by atoms with Crippen molar-refractivity contribution in [2.24, 2.45) is 17.8 Å². The van der Waals surface area contributed by atoms with Crippen LogP contribution in [0.4, 0.5) is 0 Å². The fraction of sp³-hybridized carbons (Fsp3) is 0.630. The number of piperidine rings is 4. The fourth-order valence-electron chi connectivity index (χ4n) is 6.29. The first kappa shape index (κ1) is 24.9. The van der Waals surface area contributed by atoms with Gasteiger partial charge in [0.1, 0.15) is 0 Å². The summed E-state index contributed by atoms with van der Waals surface area (Å²) in [6.45, 7) is 5.64. The Morgan fingerprint density at radius 1 is 1.08 bits per heavy atom. The van der Waals surface area contributed by atoms with Gasteiger partial charge in [0.15, 0.2) is 0 Å². The van der Waals surface area contributed by atoms with Gasteiger partial charge >= 0.3 is 5.97 Å². The normalized spacial score (nSPS) is 26.4. The Morgan fingerprint density at radius 2 is 1.86 bits per heavy atom. The topological polar surface area (TPSA) is 83.8 Å². The van der Waals surface area contributed by atoms with Gasteiger partial charge in [0, 0.05) is 45.0 Å². The molecule has 1 amide bonds. The van der Waals surface area contributed by atoms with E-state index in [2.05, 4.69) is 57.6 Å². The van der Waals surface area contributed by atoms with Crippen LogP contribution in [0.5, 0.6) is 0 Å². The van der Waals surface area contributed by atoms with Crippen molar-refractivity contribution in [2.75, 3.05) is 40.3 Å². The maximum atomic E-state index is 13.3. The number of methoxy groups -OCH3 is 1. The molecule has 194 valence electrons. The summed E-state index contributed by atoms with van der Waals surface area (Å²) in [5, 5.41) is 8.82. The first-order valence-corrected chi connectivity index (χ1v) is 13.2. The van der Waals surface area contributed by atoms with Gasteiger partial charge in [-0.1, -0.05) is 35.5 Å². The summed E-state index contributed by atoms with van der Waals surface area (Å²) in [5.41, 5.74) is 2.27. The van der Waals surface area contributed by atoms with Gasteiger partial charge in [-0.25, -0.2) is 0 Å². The Morgan fingerprint density at radius 3 is 2.56 bits per heavy atom. The summed E-state index contributed by atoms with van der Waals surface area (Å²) in [6.07, 6.45) is 5.59. The molecule has 1 unspecified atom stereocenters. The van der Waals surface area contributed by atoms with E-state index >= 15 is 0 Å². The first-order valence-electron chi connectivity index (χ1n) is 13.2. The van der Waals surface area contributed by atoms with Crippen molar-refractivity contribution in [3.05, 3.63) is 47.8 Å². The molecule has 2 aromatic rings. The van der Waals surface area contributed by atoms with Crippen LogP contribution in [0.25, 0.3) is 0 Å². The molecule has 5 heterocycles. The molecule has 4 aliphatic rings. The molecule has 0 aliphatic carbocycles. The van der Waals surface area contributed by atoms with E-state index in [0.717, 1.165) is 51.3 Å². The van der Waals surface area contributed by atoms with Gasteiger partial charge in [-0.15, -0.1) is 5.10 Å². The molecule has 0 N–H and O–H groups in total. The zero-order valence-electron chi connectivity index (χ0n) is 21.5. The first-order chi connectivity index (χ1) is 17.5. The molecule has 4 atom stereocenters. The Balaban J connectivity index is 1.11. The Hall–Kier alpha value is -2.78. The second-order valence-corrected chi connectivity index (χ2v) is 10.8. The summed E-state index contributed by atoms with van der Waals surface area (Å²) >= 11 is 0. The predicted octanol–water partition coefficient (Wildman–Crippen LogP) is 2.03. The molecule has 1 aromatic heterocycles. The third kappa shape index (κ3) is 5.62. The van der Waals surface area contributed by atoms with E-state index in [1.807, 2.05) is 15.6 Å². The predicted molar refractivity (Wildman–Crippen MR) is 135 cm³/mol. The quantitative estimate of drug-likeness (QED) is 0.519. The van der Waals surface area contributed by atoms with Crippen molar-refractivity contribution in [1.82, 2.24) is 29.7 Å². The number of carbonyl (C=O) groups excluding carboxylic acids is 2. The van der Waals surface area contributed by atoms with Crippen LogP contribution < -0.4 is 0 Å². The summed E-state index contributed by atoms with van der Waals surface area (Å²) in [4.78, 5) is 31.9. The molecule has 4 aliphatic heterocycles. The van der Waals surface area contributed by atoms with Crippen molar-refractivity contribution in [1.29, 1.82) is 0 Å². The van der Waals surface area contributed by atoms with Gasteiger partial charge in [0.25, 0.3) is 0 Å². The molecule has 0 saturated carbocycles. The minimum absolute atomic E-state index is 0.0688. The Labute approximate surface area is 213 Å². The lowest BCUT2D eigenvalue weighted by molar-refractivity contribution is -0.152. The molecular weight excluding hydrogens is 456 g/mol. The monoisotopic (exact) mass is 494 g/mol.